The topological polar surface area (TPSA) is 15.3 Å². The summed E-state index contributed by atoms with van der Waals surface area (Å²) in [5, 5.41) is 3.55. The van der Waals surface area contributed by atoms with Crippen LogP contribution in [0.25, 0.3) is 0 Å². The Morgan fingerprint density at radius 2 is 2.07 bits per heavy atom. The Bertz CT molecular complexity index is 171. The van der Waals surface area contributed by atoms with E-state index in [9.17, 15) is 0 Å². The van der Waals surface area contributed by atoms with E-state index in [4.69, 9.17) is 0 Å². The van der Waals surface area contributed by atoms with Crippen molar-refractivity contribution in [3.63, 3.8) is 0 Å². The molecule has 90 valence electrons. The van der Waals surface area contributed by atoms with E-state index in [1.54, 1.807) is 0 Å². The Morgan fingerprint density at radius 3 is 2.73 bits per heavy atom. The summed E-state index contributed by atoms with van der Waals surface area (Å²) < 4.78 is 0. The number of thioether (sulfide) groups is 1. The van der Waals surface area contributed by atoms with E-state index in [1.807, 2.05) is 11.8 Å². The molecule has 1 aliphatic rings. The molecule has 1 N–H and O–H groups in total. The molecule has 1 fully saturated rings. The molecule has 0 aromatic heterocycles. The maximum Gasteiger partial charge on any atom is 0.0252 e. The van der Waals surface area contributed by atoms with Crippen LogP contribution in [-0.4, -0.2) is 48.6 Å². The zero-order valence-electron chi connectivity index (χ0n) is 10.5. The Morgan fingerprint density at radius 1 is 1.27 bits per heavy atom. The molecule has 3 heteroatoms. The third-order valence-electron chi connectivity index (χ3n) is 2.97. The normalized spacial score (nSPS) is 21.8. The van der Waals surface area contributed by atoms with Gasteiger partial charge in [-0.1, -0.05) is 6.42 Å². The molecule has 1 aliphatic heterocycles. The van der Waals surface area contributed by atoms with Crippen molar-refractivity contribution in [1.29, 1.82) is 0 Å². The van der Waals surface area contributed by atoms with Gasteiger partial charge in [0.15, 0.2) is 0 Å². The number of piperazine rings is 1. The van der Waals surface area contributed by atoms with Gasteiger partial charge in [-0.3, -0.25) is 0 Å². The summed E-state index contributed by atoms with van der Waals surface area (Å²) in [5.74, 6) is 1.33. The minimum Gasteiger partial charge on any atom is -0.309 e. The molecular formula is C12H26N2S. The lowest BCUT2D eigenvalue weighted by molar-refractivity contribution is 0.152. The quantitative estimate of drug-likeness (QED) is 0.704. The molecule has 0 aliphatic carbocycles. The third kappa shape index (κ3) is 5.79. The maximum absolute atomic E-state index is 3.55. The van der Waals surface area contributed by atoms with Crippen LogP contribution in [-0.2, 0) is 0 Å². The summed E-state index contributed by atoms with van der Waals surface area (Å²) in [4.78, 5) is 2.61. The number of unbranched alkanes of at least 4 members (excludes halogenated alkanes) is 2. The number of hydrogen-bond donors (Lipinski definition) is 1. The van der Waals surface area contributed by atoms with Crippen LogP contribution in [0.1, 0.15) is 33.1 Å². The number of hydrogen-bond acceptors (Lipinski definition) is 3. The molecule has 1 heterocycles. The first-order valence-electron chi connectivity index (χ1n) is 6.10. The molecule has 2 nitrogen and oxygen atoms in total. The highest BCUT2D eigenvalue weighted by Crippen LogP contribution is 2.11. The van der Waals surface area contributed by atoms with Gasteiger partial charge in [0.2, 0.25) is 0 Å². The van der Waals surface area contributed by atoms with E-state index in [-0.39, 0.29) is 0 Å². The van der Waals surface area contributed by atoms with Gasteiger partial charge in [-0.2, -0.15) is 11.8 Å². The van der Waals surface area contributed by atoms with Gasteiger partial charge in [0.25, 0.3) is 0 Å². The third-order valence-corrected chi connectivity index (χ3v) is 3.67. The van der Waals surface area contributed by atoms with Gasteiger partial charge in [-0.25, -0.2) is 0 Å². The number of rotatable bonds is 6. The lowest BCUT2D eigenvalue weighted by atomic mass is 10.0. The molecule has 0 unspecified atom stereocenters. The zero-order valence-corrected chi connectivity index (χ0v) is 11.3. The van der Waals surface area contributed by atoms with Gasteiger partial charge in [0, 0.05) is 25.2 Å². The van der Waals surface area contributed by atoms with E-state index in [2.05, 4.69) is 30.3 Å². The molecule has 0 spiro atoms. The fourth-order valence-electron chi connectivity index (χ4n) is 2.20. The van der Waals surface area contributed by atoms with Crippen molar-refractivity contribution in [3.05, 3.63) is 0 Å². The van der Waals surface area contributed by atoms with Crippen molar-refractivity contribution >= 4 is 11.8 Å². The Balaban J connectivity index is 2.05. The van der Waals surface area contributed by atoms with Crippen molar-refractivity contribution in [2.45, 2.75) is 38.6 Å². The zero-order chi connectivity index (χ0) is 11.1. The van der Waals surface area contributed by atoms with Crippen LogP contribution >= 0.6 is 11.8 Å². The van der Waals surface area contributed by atoms with E-state index in [1.165, 1.54) is 44.6 Å². The summed E-state index contributed by atoms with van der Waals surface area (Å²) in [6.07, 6.45) is 6.34. The van der Waals surface area contributed by atoms with Crippen molar-refractivity contribution in [2.75, 3.05) is 38.2 Å². The lowest BCUT2D eigenvalue weighted by Crippen LogP contribution is -2.57. The van der Waals surface area contributed by atoms with Gasteiger partial charge in [0.1, 0.15) is 0 Å². The highest BCUT2D eigenvalue weighted by molar-refractivity contribution is 7.98. The number of nitrogens with zero attached hydrogens (tertiary/aromatic N) is 1. The van der Waals surface area contributed by atoms with E-state index in [0.717, 1.165) is 6.54 Å². The first-order valence-corrected chi connectivity index (χ1v) is 7.50. The first kappa shape index (κ1) is 13.3. The Hall–Kier alpha value is 0.270. The van der Waals surface area contributed by atoms with Gasteiger partial charge < -0.3 is 10.2 Å². The molecular weight excluding hydrogens is 204 g/mol. The monoisotopic (exact) mass is 230 g/mol. The summed E-state index contributed by atoms with van der Waals surface area (Å²) in [6, 6.07) is 0. The van der Waals surface area contributed by atoms with Crippen LogP contribution in [0, 0.1) is 0 Å². The fourth-order valence-corrected chi connectivity index (χ4v) is 2.69. The molecule has 0 bridgehead atoms. The maximum atomic E-state index is 3.55. The van der Waals surface area contributed by atoms with Crippen molar-refractivity contribution in [3.8, 4) is 0 Å². The minimum absolute atomic E-state index is 0.317. The lowest BCUT2D eigenvalue weighted by Gasteiger charge is -2.39. The highest BCUT2D eigenvalue weighted by Gasteiger charge is 2.24. The molecule has 0 saturated carbocycles. The average Bonchev–Trinajstić information content (AvgIpc) is 2.16. The molecule has 15 heavy (non-hydrogen) atoms. The van der Waals surface area contributed by atoms with E-state index >= 15 is 0 Å². The van der Waals surface area contributed by atoms with E-state index in [0.29, 0.717) is 5.54 Å². The predicted molar refractivity (Wildman–Crippen MR) is 70.8 cm³/mol. The molecule has 0 aromatic rings. The van der Waals surface area contributed by atoms with Crippen molar-refractivity contribution in [1.82, 2.24) is 10.2 Å². The van der Waals surface area contributed by atoms with Gasteiger partial charge in [0.05, 0.1) is 0 Å². The van der Waals surface area contributed by atoms with Crippen molar-refractivity contribution < 1.29 is 0 Å². The number of nitrogens with one attached hydrogen (secondary N) is 1. The van der Waals surface area contributed by atoms with Crippen LogP contribution in [0.15, 0.2) is 0 Å². The van der Waals surface area contributed by atoms with Crippen LogP contribution in [0.3, 0.4) is 0 Å². The molecule has 0 radical (unpaired) electrons. The summed E-state index contributed by atoms with van der Waals surface area (Å²) in [7, 11) is 0. The highest BCUT2D eigenvalue weighted by atomic mass is 32.2. The largest absolute Gasteiger partial charge is 0.309 e. The predicted octanol–water partition coefficient (Wildman–Crippen LogP) is 2.20. The van der Waals surface area contributed by atoms with Crippen LogP contribution in [0.4, 0.5) is 0 Å². The van der Waals surface area contributed by atoms with Gasteiger partial charge >= 0.3 is 0 Å². The van der Waals surface area contributed by atoms with Gasteiger partial charge in [-0.05, 0) is 45.2 Å². The van der Waals surface area contributed by atoms with Crippen LogP contribution in [0.2, 0.25) is 0 Å². The summed E-state index contributed by atoms with van der Waals surface area (Å²) in [6.45, 7) is 9.47. The molecule has 1 rings (SSSR count). The van der Waals surface area contributed by atoms with Crippen molar-refractivity contribution in [2.24, 2.45) is 0 Å². The van der Waals surface area contributed by atoms with Crippen LogP contribution < -0.4 is 5.32 Å². The summed E-state index contributed by atoms with van der Waals surface area (Å²) in [5.41, 5.74) is 0.317. The molecule has 0 atom stereocenters. The van der Waals surface area contributed by atoms with Gasteiger partial charge in [-0.15, -0.1) is 0 Å². The standard InChI is InChI=1S/C12H26N2S/c1-12(2)11-14(9-7-13-12)8-5-4-6-10-15-3/h13H,4-11H2,1-3H3. The molecule has 1 saturated heterocycles. The molecule has 0 aromatic carbocycles. The first-order chi connectivity index (χ1) is 7.14. The minimum atomic E-state index is 0.317. The van der Waals surface area contributed by atoms with E-state index < -0.39 is 0 Å². The second-order valence-corrected chi connectivity index (χ2v) is 6.13. The second-order valence-electron chi connectivity index (χ2n) is 5.14. The second kappa shape index (κ2) is 6.77. The fraction of sp³-hybridized carbons (Fsp3) is 1.00. The Kier molecular flexibility index (Phi) is 6.02. The molecule has 0 amide bonds. The Labute approximate surface area is 99.2 Å². The SMILES string of the molecule is CSCCCCCN1CCNC(C)(C)C1. The smallest absolute Gasteiger partial charge is 0.0252 e. The average molecular weight is 230 g/mol. The summed E-state index contributed by atoms with van der Waals surface area (Å²) >= 11 is 1.96. The van der Waals surface area contributed by atoms with Crippen LogP contribution in [0.5, 0.6) is 0 Å².